The smallest absolute Gasteiger partial charge is 0.303 e. The van der Waals surface area contributed by atoms with Crippen molar-refractivity contribution in [1.82, 2.24) is 0 Å². The van der Waals surface area contributed by atoms with Crippen molar-refractivity contribution in [3.05, 3.63) is 36.5 Å². The molecule has 0 heterocycles. The summed E-state index contributed by atoms with van der Waals surface area (Å²) in [6.07, 6.45) is 23.3. The minimum Gasteiger partial charge on any atom is -0.481 e. The topological polar surface area (TPSA) is 37.3 Å². The van der Waals surface area contributed by atoms with E-state index in [2.05, 4.69) is 43.4 Å². The lowest BCUT2D eigenvalue weighted by Crippen LogP contribution is -1.92. The second-order valence-electron chi connectivity index (χ2n) is 5.02. The number of hydrogen-bond acceptors (Lipinski definition) is 1. The molecule has 0 aliphatic rings. The first kappa shape index (κ1) is 18.7. The van der Waals surface area contributed by atoms with Crippen molar-refractivity contribution in [3.8, 4) is 0 Å². The molecule has 0 saturated heterocycles. The molecule has 0 fully saturated rings. The molecule has 0 unspecified atom stereocenters. The highest BCUT2D eigenvalue weighted by atomic mass is 16.4. The molecule has 0 radical (unpaired) electrons. The summed E-state index contributed by atoms with van der Waals surface area (Å²) >= 11 is 0. The molecule has 0 bridgehead atoms. The largest absolute Gasteiger partial charge is 0.481 e. The Morgan fingerprint density at radius 1 is 0.800 bits per heavy atom. The van der Waals surface area contributed by atoms with Crippen LogP contribution in [0.5, 0.6) is 0 Å². The van der Waals surface area contributed by atoms with E-state index in [0.717, 1.165) is 32.1 Å². The summed E-state index contributed by atoms with van der Waals surface area (Å²) in [6, 6.07) is 0. The summed E-state index contributed by atoms with van der Waals surface area (Å²) in [7, 11) is 0. The Morgan fingerprint density at radius 3 is 1.80 bits per heavy atom. The summed E-state index contributed by atoms with van der Waals surface area (Å²) in [5.74, 6) is -0.695. The Morgan fingerprint density at radius 2 is 1.30 bits per heavy atom. The second kappa shape index (κ2) is 15.7. The molecule has 2 nitrogen and oxygen atoms in total. The predicted octanol–water partition coefficient (Wildman–Crippen LogP) is 5.66. The van der Waals surface area contributed by atoms with E-state index in [1.807, 2.05) is 0 Å². The Labute approximate surface area is 124 Å². The van der Waals surface area contributed by atoms with Crippen molar-refractivity contribution < 1.29 is 9.90 Å². The molecule has 0 aromatic heterocycles. The lowest BCUT2D eigenvalue weighted by molar-refractivity contribution is -0.137. The van der Waals surface area contributed by atoms with Crippen LogP contribution in [-0.4, -0.2) is 11.1 Å². The molecule has 0 atom stereocenters. The summed E-state index contributed by atoms with van der Waals surface area (Å²) in [5, 5.41) is 8.48. The third-order valence-electron chi connectivity index (χ3n) is 3.03. The molecule has 0 rings (SSSR count). The van der Waals surface area contributed by atoms with Gasteiger partial charge in [0.1, 0.15) is 0 Å². The van der Waals surface area contributed by atoms with Crippen LogP contribution in [0.1, 0.15) is 71.1 Å². The van der Waals surface area contributed by atoms with Gasteiger partial charge in [-0.25, -0.2) is 0 Å². The molecule has 0 aromatic carbocycles. The van der Waals surface area contributed by atoms with E-state index in [1.165, 1.54) is 25.7 Å². The van der Waals surface area contributed by atoms with E-state index in [1.54, 1.807) is 0 Å². The van der Waals surface area contributed by atoms with Crippen molar-refractivity contribution in [1.29, 1.82) is 0 Å². The zero-order valence-corrected chi connectivity index (χ0v) is 12.9. The maximum Gasteiger partial charge on any atom is 0.303 e. The van der Waals surface area contributed by atoms with Crippen molar-refractivity contribution in [2.45, 2.75) is 71.1 Å². The highest BCUT2D eigenvalue weighted by Gasteiger charge is 1.93. The first-order valence-corrected chi connectivity index (χ1v) is 7.94. The Hall–Kier alpha value is -1.31. The van der Waals surface area contributed by atoms with E-state index in [0.29, 0.717) is 6.42 Å². The van der Waals surface area contributed by atoms with Gasteiger partial charge < -0.3 is 5.11 Å². The van der Waals surface area contributed by atoms with Crippen molar-refractivity contribution >= 4 is 5.97 Å². The fraction of sp³-hybridized carbons (Fsp3) is 0.611. The fourth-order valence-electron chi connectivity index (χ4n) is 1.83. The number of carboxylic acid groups (broad SMARTS) is 1. The van der Waals surface area contributed by atoms with Gasteiger partial charge in [0, 0.05) is 6.42 Å². The van der Waals surface area contributed by atoms with Gasteiger partial charge in [-0.3, -0.25) is 4.79 Å². The van der Waals surface area contributed by atoms with Crippen LogP contribution in [0.4, 0.5) is 0 Å². The summed E-state index contributed by atoms with van der Waals surface area (Å²) < 4.78 is 0. The van der Waals surface area contributed by atoms with Crippen molar-refractivity contribution in [3.63, 3.8) is 0 Å². The Bertz CT molecular complexity index is 301. The summed E-state index contributed by atoms with van der Waals surface area (Å²) in [5.41, 5.74) is 0. The molecule has 0 aromatic rings. The maximum atomic E-state index is 10.3. The minimum atomic E-state index is -0.695. The monoisotopic (exact) mass is 278 g/mol. The molecule has 0 amide bonds. The molecule has 114 valence electrons. The van der Waals surface area contributed by atoms with Crippen LogP contribution < -0.4 is 0 Å². The molecule has 20 heavy (non-hydrogen) atoms. The molecular weight excluding hydrogens is 248 g/mol. The quantitative estimate of drug-likeness (QED) is 0.348. The van der Waals surface area contributed by atoms with Gasteiger partial charge in [-0.05, 0) is 44.9 Å². The van der Waals surface area contributed by atoms with Gasteiger partial charge in [-0.2, -0.15) is 0 Å². The standard InChI is InChI=1S/C18H30O2/c1-2-3-4-5-6-7-8-9-10-11-12-13-14-15-16-17-18(19)20/h6-7,9-10,12-13H,2-5,8,11,14-17H2,1H3,(H,19,20)/b7-6-,10-9?,13-12?. The van der Waals surface area contributed by atoms with Gasteiger partial charge >= 0.3 is 5.97 Å². The van der Waals surface area contributed by atoms with Gasteiger partial charge in [0.15, 0.2) is 0 Å². The lowest BCUT2D eigenvalue weighted by Gasteiger charge is -1.92. The third-order valence-corrected chi connectivity index (χ3v) is 3.03. The Kier molecular flexibility index (Phi) is 14.7. The average molecular weight is 278 g/mol. The van der Waals surface area contributed by atoms with Gasteiger partial charge in [-0.15, -0.1) is 0 Å². The van der Waals surface area contributed by atoms with Crippen LogP contribution in [0.3, 0.4) is 0 Å². The van der Waals surface area contributed by atoms with Crippen LogP contribution >= 0.6 is 0 Å². The second-order valence-corrected chi connectivity index (χ2v) is 5.02. The summed E-state index contributed by atoms with van der Waals surface area (Å²) in [4.78, 5) is 10.3. The number of rotatable bonds is 13. The van der Waals surface area contributed by atoms with E-state index in [9.17, 15) is 4.79 Å². The zero-order chi connectivity index (χ0) is 14.9. The van der Waals surface area contributed by atoms with E-state index < -0.39 is 5.97 Å². The number of allylic oxidation sites excluding steroid dienone is 6. The third kappa shape index (κ3) is 16.7. The minimum absolute atomic E-state index is 0.290. The van der Waals surface area contributed by atoms with E-state index in [-0.39, 0.29) is 0 Å². The average Bonchev–Trinajstić information content (AvgIpc) is 2.43. The first-order chi connectivity index (χ1) is 9.77. The van der Waals surface area contributed by atoms with Crippen LogP contribution in [0.25, 0.3) is 0 Å². The van der Waals surface area contributed by atoms with Gasteiger partial charge in [-0.1, -0.05) is 56.2 Å². The molecule has 1 N–H and O–H groups in total. The first-order valence-electron chi connectivity index (χ1n) is 7.94. The number of carbonyl (C=O) groups is 1. The van der Waals surface area contributed by atoms with Crippen molar-refractivity contribution in [2.75, 3.05) is 0 Å². The SMILES string of the molecule is CCCCC/C=C\CC=CCC=CCCCCC(=O)O. The lowest BCUT2D eigenvalue weighted by atomic mass is 10.2. The molecule has 0 aliphatic heterocycles. The van der Waals surface area contributed by atoms with Crippen LogP contribution in [0.2, 0.25) is 0 Å². The molecular formula is C18H30O2. The zero-order valence-electron chi connectivity index (χ0n) is 12.9. The van der Waals surface area contributed by atoms with Gasteiger partial charge in [0.05, 0.1) is 0 Å². The normalized spacial score (nSPS) is 12.1. The number of hydrogen-bond donors (Lipinski definition) is 1. The molecule has 2 heteroatoms. The molecule has 0 spiro atoms. The number of unbranched alkanes of at least 4 members (excludes halogenated alkanes) is 5. The van der Waals surface area contributed by atoms with E-state index >= 15 is 0 Å². The van der Waals surface area contributed by atoms with Gasteiger partial charge in [0.25, 0.3) is 0 Å². The number of carboxylic acids is 1. The van der Waals surface area contributed by atoms with Crippen LogP contribution in [0, 0.1) is 0 Å². The van der Waals surface area contributed by atoms with Crippen molar-refractivity contribution in [2.24, 2.45) is 0 Å². The highest BCUT2D eigenvalue weighted by molar-refractivity contribution is 5.66. The van der Waals surface area contributed by atoms with Crippen LogP contribution in [0.15, 0.2) is 36.5 Å². The highest BCUT2D eigenvalue weighted by Crippen LogP contribution is 2.02. The predicted molar refractivity (Wildman–Crippen MR) is 86.9 cm³/mol. The number of aliphatic carboxylic acids is 1. The molecule has 0 saturated carbocycles. The molecule has 0 aliphatic carbocycles. The summed E-state index contributed by atoms with van der Waals surface area (Å²) in [6.45, 7) is 2.23. The fourth-order valence-corrected chi connectivity index (χ4v) is 1.83. The van der Waals surface area contributed by atoms with Gasteiger partial charge in [0.2, 0.25) is 0 Å². The van der Waals surface area contributed by atoms with E-state index in [4.69, 9.17) is 5.11 Å². The maximum absolute atomic E-state index is 10.3. The Balaban J connectivity index is 3.32. The van der Waals surface area contributed by atoms with Crippen LogP contribution in [-0.2, 0) is 4.79 Å².